The van der Waals surface area contributed by atoms with Gasteiger partial charge in [0.05, 0.1) is 16.3 Å². The molecule has 2 amide bonds. The summed E-state index contributed by atoms with van der Waals surface area (Å²) < 4.78 is 50.9. The van der Waals surface area contributed by atoms with E-state index in [4.69, 9.17) is 33.0 Å². The van der Waals surface area contributed by atoms with Crippen molar-refractivity contribution >= 4 is 52.5 Å². The number of thiocarbonyl (C=S) groups is 1. The number of ether oxygens (including phenoxy) is 1. The molecule has 1 N–H and O–H groups in total. The Labute approximate surface area is 230 Å². The predicted molar refractivity (Wildman–Crippen MR) is 143 cm³/mol. The molecule has 11 heteroatoms. The van der Waals surface area contributed by atoms with Crippen molar-refractivity contribution in [2.24, 2.45) is 0 Å². The highest BCUT2D eigenvalue weighted by molar-refractivity contribution is 7.80. The van der Waals surface area contributed by atoms with E-state index in [0.717, 1.165) is 23.1 Å². The van der Waals surface area contributed by atoms with Gasteiger partial charge in [0.15, 0.2) is 5.11 Å². The lowest BCUT2D eigenvalue weighted by atomic mass is 10.1. The molecule has 3 aromatic carbocycles. The van der Waals surface area contributed by atoms with Crippen molar-refractivity contribution in [2.45, 2.75) is 6.18 Å². The largest absolute Gasteiger partial charge is 0.457 e. The Hall–Kier alpha value is -4.41. The number of nitrogens with one attached hydrogen (secondary N) is 1. The molecule has 39 heavy (non-hydrogen) atoms. The van der Waals surface area contributed by atoms with Crippen molar-refractivity contribution < 1.29 is 31.9 Å². The van der Waals surface area contributed by atoms with Crippen LogP contribution in [0.4, 0.5) is 18.9 Å². The van der Waals surface area contributed by atoms with Gasteiger partial charge in [-0.1, -0.05) is 29.8 Å². The maximum absolute atomic E-state index is 13.3. The quantitative estimate of drug-likeness (QED) is 0.156. The molecule has 1 saturated heterocycles. The van der Waals surface area contributed by atoms with E-state index in [1.54, 1.807) is 36.4 Å². The number of para-hydroxylation sites is 1. The van der Waals surface area contributed by atoms with Gasteiger partial charge in [-0.15, -0.1) is 0 Å². The smallest absolute Gasteiger partial charge is 0.416 e. The molecule has 1 aromatic heterocycles. The Morgan fingerprint density at radius 2 is 1.62 bits per heavy atom. The summed E-state index contributed by atoms with van der Waals surface area (Å²) in [6, 6.07) is 21.3. The van der Waals surface area contributed by atoms with E-state index in [1.807, 2.05) is 18.2 Å². The Kier molecular flexibility index (Phi) is 6.98. The van der Waals surface area contributed by atoms with Crippen LogP contribution in [0.25, 0.3) is 17.4 Å². The zero-order chi connectivity index (χ0) is 27.7. The maximum atomic E-state index is 13.3. The van der Waals surface area contributed by atoms with Crippen LogP contribution < -0.4 is 15.0 Å². The number of rotatable bonds is 5. The van der Waals surface area contributed by atoms with E-state index in [-0.39, 0.29) is 32.8 Å². The number of anilines is 1. The Bertz CT molecular complexity index is 1620. The first-order valence-electron chi connectivity index (χ1n) is 11.3. The molecule has 196 valence electrons. The molecule has 1 aliphatic rings. The Balaban J connectivity index is 1.40. The summed E-state index contributed by atoms with van der Waals surface area (Å²) in [6.45, 7) is 0. The van der Waals surface area contributed by atoms with Gasteiger partial charge in [-0.3, -0.25) is 19.8 Å². The number of nitrogens with zero attached hydrogens (tertiary/aromatic N) is 1. The van der Waals surface area contributed by atoms with Crippen molar-refractivity contribution in [3.63, 3.8) is 0 Å². The van der Waals surface area contributed by atoms with Gasteiger partial charge in [-0.2, -0.15) is 13.2 Å². The molecule has 6 nitrogen and oxygen atoms in total. The van der Waals surface area contributed by atoms with E-state index in [2.05, 4.69) is 5.32 Å². The van der Waals surface area contributed by atoms with E-state index in [1.165, 1.54) is 18.2 Å². The lowest BCUT2D eigenvalue weighted by molar-refractivity contribution is -0.137. The van der Waals surface area contributed by atoms with Crippen molar-refractivity contribution in [3.8, 4) is 22.8 Å². The van der Waals surface area contributed by atoms with E-state index in [9.17, 15) is 22.8 Å². The predicted octanol–water partition coefficient (Wildman–Crippen LogP) is 7.24. The molecule has 4 aromatic rings. The van der Waals surface area contributed by atoms with Crippen LogP contribution in [0.3, 0.4) is 0 Å². The average Bonchev–Trinajstić information content (AvgIpc) is 3.36. The molecular formula is C28H16ClF3N2O4S. The molecule has 0 aliphatic carbocycles. The number of hydrogen-bond donors (Lipinski definition) is 1. The van der Waals surface area contributed by atoms with E-state index < -0.39 is 23.6 Å². The molecular weight excluding hydrogens is 553 g/mol. The van der Waals surface area contributed by atoms with Crippen molar-refractivity contribution in [1.82, 2.24) is 5.32 Å². The Morgan fingerprint density at radius 3 is 2.31 bits per heavy atom. The number of halogens is 4. The highest BCUT2D eigenvalue weighted by Crippen LogP contribution is 2.37. The SMILES string of the molecule is O=C1NC(=S)N(c2ccc(Oc3ccccc3)cc2)C(=O)/C1=C/c1ccc(-c2cc(C(F)(F)F)ccc2Cl)o1. The fraction of sp³-hybridized carbons (Fsp3) is 0.0357. The summed E-state index contributed by atoms with van der Waals surface area (Å²) in [4.78, 5) is 27.1. The van der Waals surface area contributed by atoms with Crippen LogP contribution >= 0.6 is 23.8 Å². The molecule has 1 aliphatic heterocycles. The maximum Gasteiger partial charge on any atom is 0.416 e. The average molecular weight is 569 g/mol. The molecule has 5 rings (SSSR count). The first kappa shape index (κ1) is 26.2. The van der Waals surface area contributed by atoms with Crippen molar-refractivity contribution in [3.05, 3.63) is 107 Å². The molecule has 0 atom stereocenters. The first-order chi connectivity index (χ1) is 18.6. The third kappa shape index (κ3) is 5.57. The molecule has 0 bridgehead atoms. The summed E-state index contributed by atoms with van der Waals surface area (Å²) in [5, 5.41) is 2.39. The third-order valence-electron chi connectivity index (χ3n) is 5.65. The highest BCUT2D eigenvalue weighted by atomic mass is 35.5. The zero-order valence-corrected chi connectivity index (χ0v) is 21.2. The molecule has 0 spiro atoms. The number of benzene rings is 3. The topological polar surface area (TPSA) is 71.8 Å². The molecule has 1 fully saturated rings. The summed E-state index contributed by atoms with van der Waals surface area (Å²) in [6.07, 6.45) is -3.39. The minimum absolute atomic E-state index is 0.0104. The number of hydrogen-bond acceptors (Lipinski definition) is 5. The summed E-state index contributed by atoms with van der Waals surface area (Å²) in [5.74, 6) is -0.219. The number of amides is 2. The summed E-state index contributed by atoms with van der Waals surface area (Å²) in [5.41, 5.74) is -0.794. The van der Waals surface area contributed by atoms with Gasteiger partial charge >= 0.3 is 6.18 Å². The van der Waals surface area contributed by atoms with Crippen LogP contribution in [0.5, 0.6) is 11.5 Å². The lowest BCUT2D eigenvalue weighted by Gasteiger charge is -2.28. The first-order valence-corrected chi connectivity index (χ1v) is 12.1. The standard InChI is InChI=1S/C28H16ClF3N2O4S/c29-23-12-6-16(28(30,31)32)14-21(23)24-13-11-20(38-24)15-22-25(35)33-27(39)34(26(22)36)17-7-9-19(10-8-17)37-18-4-2-1-3-5-18/h1-15H,(H,33,35,39)/b22-15+. The van der Waals surface area contributed by atoms with Gasteiger partial charge in [0.25, 0.3) is 11.8 Å². The van der Waals surface area contributed by atoms with Gasteiger partial charge < -0.3 is 9.15 Å². The van der Waals surface area contributed by atoms with Gasteiger partial charge in [0.1, 0.15) is 28.6 Å². The second-order valence-electron chi connectivity index (χ2n) is 8.26. The highest BCUT2D eigenvalue weighted by Gasteiger charge is 2.35. The fourth-order valence-corrected chi connectivity index (χ4v) is 4.28. The number of alkyl halides is 3. The van der Waals surface area contributed by atoms with Gasteiger partial charge in [0, 0.05) is 5.56 Å². The van der Waals surface area contributed by atoms with Crippen molar-refractivity contribution in [1.29, 1.82) is 0 Å². The second-order valence-corrected chi connectivity index (χ2v) is 9.06. The van der Waals surface area contributed by atoms with E-state index >= 15 is 0 Å². The number of carbonyl (C=O) groups excluding carboxylic acids is 2. The van der Waals surface area contributed by atoms with Crippen LogP contribution in [-0.4, -0.2) is 16.9 Å². The van der Waals surface area contributed by atoms with E-state index in [0.29, 0.717) is 17.2 Å². The van der Waals surface area contributed by atoms with Gasteiger partial charge in [0.2, 0.25) is 0 Å². The minimum Gasteiger partial charge on any atom is -0.457 e. The zero-order valence-electron chi connectivity index (χ0n) is 19.7. The van der Waals surface area contributed by atoms with Crippen LogP contribution in [0.15, 0.2) is 94.9 Å². The third-order valence-corrected chi connectivity index (χ3v) is 6.26. The van der Waals surface area contributed by atoms with Crippen molar-refractivity contribution in [2.75, 3.05) is 4.90 Å². The molecule has 2 heterocycles. The van der Waals surface area contributed by atoms with Crippen LogP contribution in [0, 0.1) is 0 Å². The molecule has 0 radical (unpaired) electrons. The number of carbonyl (C=O) groups is 2. The fourth-order valence-electron chi connectivity index (χ4n) is 3.79. The molecule has 0 saturated carbocycles. The Morgan fingerprint density at radius 1 is 0.923 bits per heavy atom. The minimum atomic E-state index is -4.57. The van der Waals surface area contributed by atoms with Crippen LogP contribution in [0.2, 0.25) is 5.02 Å². The second kappa shape index (κ2) is 10.4. The number of furan rings is 1. The summed E-state index contributed by atoms with van der Waals surface area (Å²) >= 11 is 11.3. The van der Waals surface area contributed by atoms with Crippen LogP contribution in [0.1, 0.15) is 11.3 Å². The molecule has 0 unspecified atom stereocenters. The normalized spacial score (nSPS) is 15.0. The van der Waals surface area contributed by atoms with Gasteiger partial charge in [-0.05, 0) is 85.0 Å². The lowest BCUT2D eigenvalue weighted by Crippen LogP contribution is -2.54. The van der Waals surface area contributed by atoms with Gasteiger partial charge in [-0.25, -0.2) is 0 Å². The van der Waals surface area contributed by atoms with Crippen LogP contribution in [-0.2, 0) is 15.8 Å². The monoisotopic (exact) mass is 568 g/mol. The summed E-state index contributed by atoms with van der Waals surface area (Å²) in [7, 11) is 0.